The summed E-state index contributed by atoms with van der Waals surface area (Å²) in [6.45, 7) is 0. The summed E-state index contributed by atoms with van der Waals surface area (Å²) in [5, 5.41) is 20.4. The van der Waals surface area contributed by atoms with E-state index in [0.717, 1.165) is 51.4 Å². The van der Waals surface area contributed by atoms with E-state index in [9.17, 15) is 10.2 Å². The third kappa shape index (κ3) is 5.35. The Labute approximate surface area is 121 Å². The van der Waals surface area contributed by atoms with Crippen LogP contribution in [-0.2, 0) is 12.3 Å². The molecule has 17 heavy (non-hydrogen) atoms. The second kappa shape index (κ2) is 6.50. The van der Waals surface area contributed by atoms with Crippen LogP contribution in [-0.4, -0.2) is 21.4 Å². The van der Waals surface area contributed by atoms with E-state index in [-0.39, 0.29) is 0 Å². The Balaban J connectivity index is 0.000000249. The van der Waals surface area contributed by atoms with Crippen molar-refractivity contribution in [3.05, 3.63) is 0 Å². The number of aliphatic hydroxyl groups is 2. The van der Waals surface area contributed by atoms with Gasteiger partial charge in [0.15, 0.2) is 0 Å². The molecule has 0 heterocycles. The van der Waals surface area contributed by atoms with Crippen LogP contribution in [0.5, 0.6) is 0 Å². The molecule has 0 radical (unpaired) electrons. The van der Waals surface area contributed by atoms with Gasteiger partial charge >= 0.3 is 49.6 Å². The third-order valence-electron chi connectivity index (χ3n) is 3.73. The van der Waals surface area contributed by atoms with Crippen molar-refractivity contribution in [1.29, 1.82) is 0 Å². The average Bonchev–Trinajstić information content (AvgIpc) is 2.73. The van der Waals surface area contributed by atoms with Gasteiger partial charge in [0.25, 0.3) is 0 Å². The van der Waals surface area contributed by atoms with Gasteiger partial charge in [-0.15, -0.1) is 0 Å². The van der Waals surface area contributed by atoms with Crippen LogP contribution in [0.4, 0.5) is 0 Å². The molecule has 0 bridgehead atoms. The standard InChI is InChI=1S/C10H18O2.4ClH.Ti/c11-9(5-1-2-6-9)10(12)7-3-4-8-10;;;;;/h11-12H,1-8H2;4*1H;/q;;;;;+4/p-4. The van der Waals surface area contributed by atoms with Gasteiger partial charge in [0, 0.05) is 0 Å². The SMILES string of the molecule is OC1(C2(O)CCCC2)CCCC1.[Cl][Ti]([Cl])([Cl])[Cl]. The molecule has 0 aliphatic heterocycles. The van der Waals surface area contributed by atoms with Crippen LogP contribution in [0, 0.1) is 0 Å². The topological polar surface area (TPSA) is 40.5 Å². The fraction of sp³-hybridized carbons (Fsp3) is 1.00. The van der Waals surface area contributed by atoms with Crippen molar-refractivity contribution in [1.82, 2.24) is 0 Å². The van der Waals surface area contributed by atoms with Crippen LogP contribution in [0.25, 0.3) is 0 Å². The molecule has 0 atom stereocenters. The molecule has 0 aromatic carbocycles. The first-order valence-corrected chi connectivity index (χ1v) is 14.5. The van der Waals surface area contributed by atoms with Crippen LogP contribution in [0.2, 0.25) is 0 Å². The van der Waals surface area contributed by atoms with Gasteiger partial charge in [-0.05, 0) is 25.7 Å². The fourth-order valence-corrected chi connectivity index (χ4v) is 2.85. The Hall–Kier alpha value is 1.79. The molecule has 2 aliphatic rings. The van der Waals surface area contributed by atoms with Crippen LogP contribution in [0.15, 0.2) is 0 Å². The van der Waals surface area contributed by atoms with E-state index < -0.39 is 23.5 Å². The maximum atomic E-state index is 10.2. The van der Waals surface area contributed by atoms with Gasteiger partial charge in [0.05, 0.1) is 11.2 Å². The Morgan fingerprint density at radius 3 is 1.00 bits per heavy atom. The summed E-state index contributed by atoms with van der Waals surface area (Å²) in [5.74, 6) is 0. The zero-order valence-electron chi connectivity index (χ0n) is 9.56. The summed E-state index contributed by atoms with van der Waals surface area (Å²) in [6, 6.07) is 0. The summed E-state index contributed by atoms with van der Waals surface area (Å²) < 4.78 is 0. The van der Waals surface area contributed by atoms with E-state index in [0.29, 0.717) is 0 Å². The molecular formula is C10H18Cl4O2Ti. The second-order valence-corrected chi connectivity index (χ2v) is 20.4. The molecular weight excluding hydrogens is 342 g/mol. The van der Waals surface area contributed by atoms with Gasteiger partial charge in [-0.2, -0.15) is 0 Å². The molecule has 2 saturated carbocycles. The number of hydrogen-bond donors (Lipinski definition) is 2. The summed E-state index contributed by atoms with van der Waals surface area (Å²) in [4.78, 5) is 0. The van der Waals surface area contributed by atoms with Crippen LogP contribution < -0.4 is 0 Å². The van der Waals surface area contributed by atoms with Gasteiger partial charge in [-0.3, -0.25) is 0 Å². The van der Waals surface area contributed by atoms with Crippen molar-refractivity contribution in [3.63, 3.8) is 0 Å². The normalized spacial score (nSPS) is 26.5. The minimum atomic E-state index is -3.11. The number of hydrogen-bond acceptors (Lipinski definition) is 2. The molecule has 0 amide bonds. The van der Waals surface area contributed by atoms with Crippen molar-refractivity contribution in [2.45, 2.75) is 62.6 Å². The molecule has 2 aliphatic carbocycles. The van der Waals surface area contributed by atoms with Crippen molar-refractivity contribution in [2.24, 2.45) is 0 Å². The summed E-state index contributed by atoms with van der Waals surface area (Å²) in [6.07, 6.45) is 7.56. The van der Waals surface area contributed by atoms with Crippen LogP contribution in [0.1, 0.15) is 51.4 Å². The van der Waals surface area contributed by atoms with Crippen molar-refractivity contribution in [3.8, 4) is 0 Å². The van der Waals surface area contributed by atoms with Gasteiger partial charge in [0.2, 0.25) is 0 Å². The van der Waals surface area contributed by atoms with Gasteiger partial charge in [-0.25, -0.2) is 0 Å². The molecule has 102 valence electrons. The average molecular weight is 360 g/mol. The Morgan fingerprint density at radius 2 is 0.824 bits per heavy atom. The Bertz CT molecular complexity index is 219. The zero-order chi connectivity index (χ0) is 13.2. The molecule has 2 rings (SSSR count). The van der Waals surface area contributed by atoms with E-state index in [1.54, 1.807) is 0 Å². The number of rotatable bonds is 1. The Kier molecular flexibility index (Phi) is 6.44. The van der Waals surface area contributed by atoms with E-state index >= 15 is 0 Å². The molecule has 0 aromatic heterocycles. The fourth-order valence-electron chi connectivity index (χ4n) is 2.85. The van der Waals surface area contributed by atoms with Crippen LogP contribution in [0.3, 0.4) is 0 Å². The van der Waals surface area contributed by atoms with Gasteiger partial charge in [0.1, 0.15) is 0 Å². The molecule has 7 heteroatoms. The molecule has 2 N–H and O–H groups in total. The quantitative estimate of drug-likeness (QED) is 0.683. The Morgan fingerprint density at radius 1 is 0.647 bits per heavy atom. The van der Waals surface area contributed by atoms with Gasteiger partial charge in [-0.1, -0.05) is 25.7 Å². The second-order valence-electron chi connectivity index (χ2n) is 4.91. The van der Waals surface area contributed by atoms with E-state index in [4.69, 9.17) is 37.2 Å². The molecule has 0 spiro atoms. The van der Waals surface area contributed by atoms with E-state index in [1.807, 2.05) is 0 Å². The molecule has 2 fully saturated rings. The molecule has 2 nitrogen and oxygen atoms in total. The number of halogens is 4. The molecule has 0 aromatic rings. The molecule has 0 unspecified atom stereocenters. The first-order valence-electron chi connectivity index (χ1n) is 5.87. The molecule has 0 saturated heterocycles. The van der Waals surface area contributed by atoms with Crippen molar-refractivity contribution in [2.75, 3.05) is 0 Å². The van der Waals surface area contributed by atoms with Crippen molar-refractivity contribution < 1.29 is 22.6 Å². The van der Waals surface area contributed by atoms with E-state index in [2.05, 4.69) is 0 Å². The monoisotopic (exact) mass is 358 g/mol. The summed E-state index contributed by atoms with van der Waals surface area (Å²) in [5.41, 5.74) is -1.47. The third-order valence-corrected chi connectivity index (χ3v) is 3.73. The van der Waals surface area contributed by atoms with Gasteiger partial charge < -0.3 is 10.2 Å². The van der Waals surface area contributed by atoms with E-state index in [1.165, 1.54) is 0 Å². The predicted molar refractivity (Wildman–Crippen MR) is 70.2 cm³/mol. The zero-order valence-corrected chi connectivity index (χ0v) is 14.1. The van der Waals surface area contributed by atoms with Crippen LogP contribution >= 0.6 is 37.2 Å². The first-order chi connectivity index (χ1) is 7.66. The summed E-state index contributed by atoms with van der Waals surface area (Å²) >= 11 is -3.11. The van der Waals surface area contributed by atoms with Crippen molar-refractivity contribution >= 4 is 37.2 Å². The maximum absolute atomic E-state index is 10.2. The predicted octanol–water partition coefficient (Wildman–Crippen LogP) is 4.35. The summed E-state index contributed by atoms with van der Waals surface area (Å²) in [7, 11) is 20.1. The minimum absolute atomic E-state index is 0.733. The first kappa shape index (κ1) is 16.8.